The molecule has 4 N–H and O–H groups in total. The zero-order chi connectivity index (χ0) is 44.2. The second-order valence-electron chi connectivity index (χ2n) is 14.4. The molecule has 0 aromatic carbocycles. The van der Waals surface area contributed by atoms with Gasteiger partial charge in [-0.3, -0.25) is 23.4 Å². The Balaban J connectivity index is 4.51. The molecular weight excluding hydrogens is 781 g/mol. The molecule has 0 aliphatic rings. The number of hydrogen-bond donors (Lipinski definition) is 3. The molecule has 0 spiro atoms. The van der Waals surface area contributed by atoms with Crippen LogP contribution in [0, 0.1) is 0 Å². The average Bonchev–Trinajstić information content (AvgIpc) is 3.22. The van der Waals surface area contributed by atoms with Crippen molar-refractivity contribution in [3.63, 3.8) is 0 Å². The van der Waals surface area contributed by atoms with Crippen molar-refractivity contribution in [1.82, 2.24) is 0 Å². The molecule has 0 aliphatic heterocycles. The molecular formula is C48H78NO10P. The fraction of sp³-hybridized carbons (Fsp3) is 0.604. The number of carboxylic acid groups (broad SMARTS) is 1. The van der Waals surface area contributed by atoms with Crippen LogP contribution in [0.15, 0.2) is 97.2 Å². The van der Waals surface area contributed by atoms with Gasteiger partial charge in [-0.2, -0.15) is 0 Å². The predicted octanol–water partition coefficient (Wildman–Crippen LogP) is 12.1. The molecule has 0 heterocycles. The van der Waals surface area contributed by atoms with Gasteiger partial charge in [0, 0.05) is 12.8 Å². The summed E-state index contributed by atoms with van der Waals surface area (Å²) in [7, 11) is -4.75. The topological polar surface area (TPSA) is 172 Å². The monoisotopic (exact) mass is 860 g/mol. The molecule has 0 fully saturated rings. The first-order valence-corrected chi connectivity index (χ1v) is 23.8. The highest BCUT2D eigenvalue weighted by Gasteiger charge is 2.28. The minimum atomic E-state index is -4.75. The minimum Gasteiger partial charge on any atom is -0.480 e. The number of phosphoric acid groups is 1. The van der Waals surface area contributed by atoms with Crippen molar-refractivity contribution in [3.05, 3.63) is 97.2 Å². The van der Waals surface area contributed by atoms with Crippen molar-refractivity contribution in [2.75, 3.05) is 19.8 Å². The van der Waals surface area contributed by atoms with Gasteiger partial charge in [-0.15, -0.1) is 0 Å². The molecule has 0 aliphatic carbocycles. The number of aliphatic carboxylic acids is 1. The van der Waals surface area contributed by atoms with E-state index in [1.54, 1.807) is 0 Å². The number of ether oxygens (including phenoxy) is 2. The van der Waals surface area contributed by atoms with Crippen LogP contribution in [0.5, 0.6) is 0 Å². The first kappa shape index (κ1) is 56.4. The van der Waals surface area contributed by atoms with E-state index < -0.39 is 51.1 Å². The van der Waals surface area contributed by atoms with E-state index in [0.29, 0.717) is 19.3 Å². The zero-order valence-electron chi connectivity index (χ0n) is 36.8. The minimum absolute atomic E-state index is 0.0287. The Morgan fingerprint density at radius 2 is 0.967 bits per heavy atom. The third kappa shape index (κ3) is 41.1. The number of rotatable bonds is 40. The maximum Gasteiger partial charge on any atom is 0.472 e. The predicted molar refractivity (Wildman–Crippen MR) is 244 cm³/mol. The molecule has 0 bridgehead atoms. The number of nitrogens with two attached hydrogens (primary N) is 1. The lowest BCUT2D eigenvalue weighted by molar-refractivity contribution is -0.161. The van der Waals surface area contributed by atoms with Crippen molar-refractivity contribution < 1.29 is 47.5 Å². The van der Waals surface area contributed by atoms with Gasteiger partial charge in [-0.25, -0.2) is 4.57 Å². The quantitative estimate of drug-likeness (QED) is 0.0232. The number of esters is 2. The molecule has 0 aromatic heterocycles. The third-order valence-corrected chi connectivity index (χ3v) is 9.78. The van der Waals surface area contributed by atoms with Gasteiger partial charge in [0.15, 0.2) is 6.10 Å². The van der Waals surface area contributed by atoms with E-state index in [4.69, 9.17) is 24.8 Å². The van der Waals surface area contributed by atoms with Gasteiger partial charge in [0.1, 0.15) is 12.6 Å². The zero-order valence-corrected chi connectivity index (χ0v) is 37.6. The van der Waals surface area contributed by atoms with Crippen LogP contribution in [0.1, 0.15) is 155 Å². The summed E-state index contributed by atoms with van der Waals surface area (Å²) in [5, 5.41) is 8.89. The van der Waals surface area contributed by atoms with Gasteiger partial charge in [0.2, 0.25) is 0 Å². The first-order chi connectivity index (χ1) is 29.1. The smallest absolute Gasteiger partial charge is 0.472 e. The molecule has 3 atom stereocenters. The normalized spacial score (nSPS) is 14.6. The number of phosphoric ester groups is 1. The van der Waals surface area contributed by atoms with Crippen LogP contribution in [0.25, 0.3) is 0 Å². The summed E-state index contributed by atoms with van der Waals surface area (Å²) in [5.41, 5.74) is 5.33. The van der Waals surface area contributed by atoms with Crippen molar-refractivity contribution in [2.24, 2.45) is 5.73 Å². The SMILES string of the molecule is CC/C=C\C/C=C\C/C=C\C/C=C\C/C=C\C/C=C\CCC(=O)OC(COC(=O)CCCCCCCCC/C=C\C/C=C\CCCCC)COP(=O)(O)OCC(N)C(=O)O. The Labute approximate surface area is 362 Å². The number of carboxylic acids is 1. The molecule has 0 aromatic rings. The first-order valence-electron chi connectivity index (χ1n) is 22.3. The van der Waals surface area contributed by atoms with Gasteiger partial charge in [0.05, 0.1) is 13.2 Å². The van der Waals surface area contributed by atoms with E-state index in [1.807, 2.05) is 18.2 Å². The van der Waals surface area contributed by atoms with Crippen molar-refractivity contribution >= 4 is 25.7 Å². The number of carbonyl (C=O) groups excluding carboxylic acids is 2. The molecule has 0 amide bonds. The van der Waals surface area contributed by atoms with Crippen LogP contribution in [0.4, 0.5) is 0 Å². The van der Waals surface area contributed by atoms with Gasteiger partial charge in [-0.05, 0) is 83.5 Å². The van der Waals surface area contributed by atoms with E-state index in [2.05, 4.69) is 97.4 Å². The molecule has 340 valence electrons. The second-order valence-corrected chi connectivity index (χ2v) is 15.9. The Morgan fingerprint density at radius 3 is 1.47 bits per heavy atom. The lowest BCUT2D eigenvalue weighted by Gasteiger charge is -2.20. The summed E-state index contributed by atoms with van der Waals surface area (Å²) in [6, 6.07) is -1.54. The van der Waals surface area contributed by atoms with Crippen LogP contribution in [-0.4, -0.2) is 59.9 Å². The van der Waals surface area contributed by atoms with Gasteiger partial charge in [0.25, 0.3) is 0 Å². The third-order valence-electron chi connectivity index (χ3n) is 8.83. The van der Waals surface area contributed by atoms with Gasteiger partial charge >= 0.3 is 25.7 Å². The molecule has 0 rings (SSSR count). The largest absolute Gasteiger partial charge is 0.480 e. The summed E-state index contributed by atoms with van der Waals surface area (Å²) in [5.74, 6) is -2.51. The summed E-state index contributed by atoms with van der Waals surface area (Å²) < 4.78 is 32.6. The van der Waals surface area contributed by atoms with Crippen molar-refractivity contribution in [3.8, 4) is 0 Å². The van der Waals surface area contributed by atoms with Gasteiger partial charge < -0.3 is 25.2 Å². The highest BCUT2D eigenvalue weighted by atomic mass is 31.2. The maximum atomic E-state index is 12.6. The van der Waals surface area contributed by atoms with Crippen LogP contribution in [-0.2, 0) is 37.5 Å². The van der Waals surface area contributed by atoms with E-state index in [1.165, 1.54) is 38.5 Å². The van der Waals surface area contributed by atoms with E-state index in [0.717, 1.165) is 70.6 Å². The van der Waals surface area contributed by atoms with Crippen LogP contribution >= 0.6 is 7.82 Å². The molecule has 60 heavy (non-hydrogen) atoms. The molecule has 11 nitrogen and oxygen atoms in total. The Morgan fingerprint density at radius 1 is 0.533 bits per heavy atom. The van der Waals surface area contributed by atoms with E-state index in [-0.39, 0.29) is 19.4 Å². The lowest BCUT2D eigenvalue weighted by Crippen LogP contribution is -2.34. The summed E-state index contributed by atoms with van der Waals surface area (Å²) in [4.78, 5) is 46.0. The van der Waals surface area contributed by atoms with Gasteiger partial charge in [-0.1, -0.05) is 156 Å². The molecule has 0 saturated carbocycles. The van der Waals surface area contributed by atoms with Crippen LogP contribution in [0.2, 0.25) is 0 Å². The molecule has 3 unspecified atom stereocenters. The lowest BCUT2D eigenvalue weighted by atomic mass is 10.1. The van der Waals surface area contributed by atoms with E-state index >= 15 is 0 Å². The number of allylic oxidation sites excluding steroid dienone is 16. The Hall–Kier alpha value is -3.60. The summed E-state index contributed by atoms with van der Waals surface area (Å²) in [6.45, 7) is 2.56. The Bertz CT molecular complexity index is 1380. The standard InChI is InChI=1S/C48H78NO10P/c1-3-5-7-9-11-13-15-17-19-21-22-24-26-28-30-32-34-36-38-40-47(51)59-44(42-57-60(54,55)58-43-45(49)48(52)53)41-56-46(50)39-37-35-33-31-29-27-25-23-20-18-16-14-12-10-8-6-4-2/h5,7,11-14,17-20,22,24,28,30,34,36,44-45H,3-4,6,8-10,15-16,21,23,25-27,29,31-33,35,37-43,49H2,1-2H3,(H,52,53)(H,54,55)/b7-5-,13-11-,14-12-,19-17-,20-18-,24-22-,30-28-,36-34-. The summed E-state index contributed by atoms with van der Waals surface area (Å²) >= 11 is 0. The summed E-state index contributed by atoms with van der Waals surface area (Å²) in [6.07, 6.45) is 53.4. The number of hydrogen-bond acceptors (Lipinski definition) is 9. The molecule has 0 radical (unpaired) electrons. The molecule has 0 saturated heterocycles. The molecule has 12 heteroatoms. The highest BCUT2D eigenvalue weighted by Crippen LogP contribution is 2.43. The highest BCUT2D eigenvalue weighted by molar-refractivity contribution is 7.47. The number of carbonyl (C=O) groups is 3. The van der Waals surface area contributed by atoms with Crippen molar-refractivity contribution in [2.45, 2.75) is 167 Å². The number of unbranched alkanes of at least 4 members (excludes halogenated alkanes) is 10. The van der Waals surface area contributed by atoms with Crippen molar-refractivity contribution in [1.29, 1.82) is 0 Å². The average molecular weight is 860 g/mol. The fourth-order valence-corrected chi connectivity index (χ4v) is 6.13. The fourth-order valence-electron chi connectivity index (χ4n) is 5.35. The van der Waals surface area contributed by atoms with E-state index in [9.17, 15) is 23.8 Å². The Kier molecular flexibility index (Phi) is 39.6. The van der Waals surface area contributed by atoms with Crippen LogP contribution in [0.3, 0.4) is 0 Å². The van der Waals surface area contributed by atoms with Crippen LogP contribution < -0.4 is 5.73 Å². The second kappa shape index (κ2) is 42.1. The maximum absolute atomic E-state index is 12.6.